The zero-order valence-electron chi connectivity index (χ0n) is 10.7. The fourth-order valence-corrected chi connectivity index (χ4v) is 2.05. The van der Waals surface area contributed by atoms with Crippen LogP contribution >= 0.6 is 0 Å². The van der Waals surface area contributed by atoms with Gasteiger partial charge in [-0.1, -0.05) is 30.3 Å². The van der Waals surface area contributed by atoms with Gasteiger partial charge in [0.2, 0.25) is 5.76 Å². The van der Waals surface area contributed by atoms with Gasteiger partial charge >= 0.3 is 5.97 Å². The fraction of sp³-hybridized carbons (Fsp3) is 0.0625. The molecule has 0 fully saturated rings. The van der Waals surface area contributed by atoms with Crippen LogP contribution in [0, 0.1) is 12.7 Å². The molecule has 3 aromatic rings. The third-order valence-electron chi connectivity index (χ3n) is 3.05. The summed E-state index contributed by atoms with van der Waals surface area (Å²) in [6.45, 7) is 1.70. The van der Waals surface area contributed by atoms with E-state index in [9.17, 15) is 9.18 Å². The van der Waals surface area contributed by atoms with Crippen LogP contribution < -0.4 is 4.74 Å². The number of halogens is 1. The van der Waals surface area contributed by atoms with Crippen LogP contribution in [0.1, 0.15) is 16.1 Å². The topological polar surface area (TPSA) is 39.4 Å². The molecule has 2 aromatic carbocycles. The third-order valence-corrected chi connectivity index (χ3v) is 3.05. The summed E-state index contributed by atoms with van der Waals surface area (Å²) < 4.78 is 24.1. The molecule has 0 saturated carbocycles. The van der Waals surface area contributed by atoms with Crippen molar-refractivity contribution in [2.24, 2.45) is 0 Å². The second-order valence-electron chi connectivity index (χ2n) is 4.38. The van der Waals surface area contributed by atoms with Crippen molar-refractivity contribution in [1.82, 2.24) is 0 Å². The summed E-state index contributed by atoms with van der Waals surface area (Å²) in [7, 11) is 0. The molecule has 0 spiro atoms. The first kappa shape index (κ1) is 12.4. The monoisotopic (exact) mass is 270 g/mol. The van der Waals surface area contributed by atoms with Crippen molar-refractivity contribution >= 4 is 16.9 Å². The van der Waals surface area contributed by atoms with Gasteiger partial charge in [-0.2, -0.15) is 0 Å². The smallest absolute Gasteiger partial charge is 0.379 e. The number of benzene rings is 2. The van der Waals surface area contributed by atoms with Crippen molar-refractivity contribution in [2.75, 3.05) is 0 Å². The number of para-hydroxylation sites is 2. The highest BCUT2D eigenvalue weighted by atomic mass is 19.1. The first-order chi connectivity index (χ1) is 9.66. The van der Waals surface area contributed by atoms with Gasteiger partial charge in [0.05, 0.1) is 0 Å². The highest BCUT2D eigenvalue weighted by molar-refractivity contribution is 5.96. The standard InChI is InChI=1S/C16H11FO3/c1-10-12-8-5-9-13(17)15(12)20-14(10)16(18)19-11-6-3-2-4-7-11/h2-9H,1H3. The molecule has 0 aliphatic carbocycles. The van der Waals surface area contributed by atoms with Gasteiger partial charge in [0.15, 0.2) is 11.4 Å². The van der Waals surface area contributed by atoms with E-state index in [1.54, 1.807) is 43.3 Å². The molecule has 4 heteroatoms. The van der Waals surface area contributed by atoms with Crippen LogP contribution in [-0.4, -0.2) is 5.97 Å². The molecule has 0 N–H and O–H groups in total. The highest BCUT2D eigenvalue weighted by Crippen LogP contribution is 2.28. The molecule has 1 heterocycles. The first-order valence-corrected chi connectivity index (χ1v) is 6.11. The van der Waals surface area contributed by atoms with E-state index in [1.807, 2.05) is 6.07 Å². The lowest BCUT2D eigenvalue weighted by Gasteiger charge is -2.01. The van der Waals surface area contributed by atoms with Crippen LogP contribution in [0.4, 0.5) is 4.39 Å². The Morgan fingerprint density at radius 2 is 1.85 bits per heavy atom. The first-order valence-electron chi connectivity index (χ1n) is 6.11. The van der Waals surface area contributed by atoms with Gasteiger partial charge in [-0.3, -0.25) is 0 Å². The maximum Gasteiger partial charge on any atom is 0.379 e. The summed E-state index contributed by atoms with van der Waals surface area (Å²) in [4.78, 5) is 12.1. The van der Waals surface area contributed by atoms with Gasteiger partial charge in [0.1, 0.15) is 5.75 Å². The third kappa shape index (κ3) is 2.05. The Bertz CT molecular complexity index is 775. The molecule has 3 nitrogen and oxygen atoms in total. The predicted molar refractivity (Wildman–Crippen MR) is 72.3 cm³/mol. The van der Waals surface area contributed by atoms with Crippen molar-refractivity contribution in [2.45, 2.75) is 6.92 Å². The number of ether oxygens (including phenoxy) is 1. The second kappa shape index (κ2) is 4.81. The average Bonchev–Trinajstić information content (AvgIpc) is 2.79. The summed E-state index contributed by atoms with van der Waals surface area (Å²) >= 11 is 0. The van der Waals surface area contributed by atoms with E-state index in [0.717, 1.165) is 0 Å². The van der Waals surface area contributed by atoms with Crippen LogP contribution in [0.3, 0.4) is 0 Å². The Labute approximate surface area is 114 Å². The SMILES string of the molecule is Cc1c(C(=O)Oc2ccccc2)oc2c(F)cccc12. The summed E-state index contributed by atoms with van der Waals surface area (Å²) in [5.41, 5.74) is 0.644. The molecule has 3 rings (SSSR count). The van der Waals surface area contributed by atoms with Crippen LogP contribution in [-0.2, 0) is 0 Å². The fourth-order valence-electron chi connectivity index (χ4n) is 2.05. The predicted octanol–water partition coefficient (Wildman–Crippen LogP) is 4.10. The molecule has 0 saturated heterocycles. The van der Waals surface area contributed by atoms with Gasteiger partial charge in [0.25, 0.3) is 0 Å². The Kier molecular flexibility index (Phi) is 2.99. The number of rotatable bonds is 2. The van der Waals surface area contributed by atoms with Gasteiger partial charge in [-0.25, -0.2) is 9.18 Å². The zero-order valence-corrected chi connectivity index (χ0v) is 10.7. The van der Waals surface area contributed by atoms with Crippen LogP contribution in [0.15, 0.2) is 52.9 Å². The largest absolute Gasteiger partial charge is 0.446 e. The molecule has 0 amide bonds. The van der Waals surface area contributed by atoms with Gasteiger partial charge in [-0.15, -0.1) is 0 Å². The lowest BCUT2D eigenvalue weighted by atomic mass is 10.1. The minimum absolute atomic E-state index is 0.0222. The molecule has 0 radical (unpaired) electrons. The lowest BCUT2D eigenvalue weighted by Crippen LogP contribution is -2.08. The molecular formula is C16H11FO3. The number of carbonyl (C=O) groups is 1. The minimum atomic E-state index is -0.635. The Morgan fingerprint density at radius 3 is 2.55 bits per heavy atom. The number of hydrogen-bond donors (Lipinski definition) is 0. The zero-order chi connectivity index (χ0) is 14.1. The Balaban J connectivity index is 2.00. The Morgan fingerprint density at radius 1 is 1.10 bits per heavy atom. The highest BCUT2D eigenvalue weighted by Gasteiger charge is 2.21. The van der Waals surface area contributed by atoms with Crippen molar-refractivity contribution in [1.29, 1.82) is 0 Å². The summed E-state index contributed by atoms with van der Waals surface area (Å²) in [5, 5.41) is 0.574. The molecule has 0 unspecified atom stereocenters. The van der Waals surface area contributed by atoms with Crippen LogP contribution in [0.5, 0.6) is 5.75 Å². The number of esters is 1. The van der Waals surface area contributed by atoms with E-state index in [-0.39, 0.29) is 11.3 Å². The summed E-state index contributed by atoms with van der Waals surface area (Å²) in [6, 6.07) is 13.2. The van der Waals surface area contributed by atoms with Crippen molar-refractivity contribution in [3.8, 4) is 5.75 Å². The van der Waals surface area contributed by atoms with E-state index in [2.05, 4.69) is 0 Å². The average molecular weight is 270 g/mol. The van der Waals surface area contributed by atoms with Gasteiger partial charge in [0, 0.05) is 10.9 Å². The number of aryl methyl sites for hydroxylation is 1. The molecule has 1 aromatic heterocycles. The maximum absolute atomic E-state index is 13.6. The van der Waals surface area contributed by atoms with E-state index in [1.165, 1.54) is 6.07 Å². The van der Waals surface area contributed by atoms with E-state index in [0.29, 0.717) is 16.7 Å². The normalized spacial score (nSPS) is 10.7. The number of furan rings is 1. The molecule has 0 aliphatic rings. The number of carbonyl (C=O) groups excluding carboxylic acids is 1. The van der Waals surface area contributed by atoms with E-state index in [4.69, 9.17) is 9.15 Å². The van der Waals surface area contributed by atoms with E-state index >= 15 is 0 Å². The number of hydrogen-bond acceptors (Lipinski definition) is 3. The molecule has 100 valence electrons. The quantitative estimate of drug-likeness (QED) is 0.520. The lowest BCUT2D eigenvalue weighted by molar-refractivity contribution is 0.0702. The van der Waals surface area contributed by atoms with Gasteiger partial charge < -0.3 is 9.15 Å². The number of fused-ring (bicyclic) bond motifs is 1. The van der Waals surface area contributed by atoms with Crippen molar-refractivity contribution in [3.63, 3.8) is 0 Å². The molecule has 20 heavy (non-hydrogen) atoms. The maximum atomic E-state index is 13.6. The van der Waals surface area contributed by atoms with Gasteiger partial charge in [-0.05, 0) is 25.1 Å². The Hall–Kier alpha value is -2.62. The second-order valence-corrected chi connectivity index (χ2v) is 4.38. The van der Waals surface area contributed by atoms with Crippen molar-refractivity contribution < 1.29 is 18.3 Å². The summed E-state index contributed by atoms with van der Waals surface area (Å²) in [5.74, 6) is -0.694. The molecular weight excluding hydrogens is 259 g/mol. The van der Waals surface area contributed by atoms with Crippen LogP contribution in [0.2, 0.25) is 0 Å². The minimum Gasteiger partial charge on any atom is -0.446 e. The van der Waals surface area contributed by atoms with E-state index < -0.39 is 11.8 Å². The molecule has 0 atom stereocenters. The molecule has 0 bridgehead atoms. The van der Waals surface area contributed by atoms with Crippen molar-refractivity contribution in [3.05, 3.63) is 65.7 Å². The summed E-state index contributed by atoms with van der Waals surface area (Å²) in [6.07, 6.45) is 0. The molecule has 0 aliphatic heterocycles. The van der Waals surface area contributed by atoms with Crippen LogP contribution in [0.25, 0.3) is 11.0 Å².